The van der Waals surface area contributed by atoms with Crippen molar-refractivity contribution < 1.29 is 4.79 Å². The Morgan fingerprint density at radius 3 is 2.85 bits per heavy atom. The fraction of sp³-hybridized carbons (Fsp3) is 0.154. The summed E-state index contributed by atoms with van der Waals surface area (Å²) in [5, 5.41) is 10.4. The largest absolute Gasteiger partial charge is 0.383 e. The highest BCUT2D eigenvalue weighted by Gasteiger charge is 2.14. The minimum absolute atomic E-state index is 0.173. The highest BCUT2D eigenvalue weighted by Crippen LogP contribution is 2.28. The van der Waals surface area contributed by atoms with E-state index in [0.29, 0.717) is 24.5 Å². The average Bonchev–Trinajstić information content (AvgIpc) is 3.29. The number of nitrogens with one attached hydrogen (secondary N) is 1. The second kappa shape index (κ2) is 8.87. The van der Waals surface area contributed by atoms with Crippen LogP contribution in [-0.2, 0) is 13.1 Å². The van der Waals surface area contributed by atoms with Crippen LogP contribution in [0.15, 0.2) is 65.5 Å². The van der Waals surface area contributed by atoms with E-state index in [1.165, 1.54) is 0 Å². The molecule has 3 heterocycles. The van der Waals surface area contributed by atoms with Gasteiger partial charge in [0.15, 0.2) is 0 Å². The van der Waals surface area contributed by atoms with Crippen molar-refractivity contribution in [2.24, 2.45) is 0 Å². The zero-order chi connectivity index (χ0) is 23.8. The Hall–Kier alpha value is -3.78. The summed E-state index contributed by atoms with van der Waals surface area (Å²) in [4.78, 5) is 21.7. The van der Waals surface area contributed by atoms with Crippen LogP contribution < -0.4 is 11.1 Å². The number of amides is 1. The van der Waals surface area contributed by atoms with Gasteiger partial charge in [-0.05, 0) is 76.1 Å². The van der Waals surface area contributed by atoms with Crippen molar-refractivity contribution in [3.63, 3.8) is 0 Å². The van der Waals surface area contributed by atoms with Crippen LogP contribution in [0.25, 0.3) is 21.7 Å². The van der Waals surface area contributed by atoms with Gasteiger partial charge >= 0.3 is 0 Å². The second-order valence-corrected chi connectivity index (χ2v) is 9.17. The number of nitrogens with zero attached hydrogens (tertiary/aromatic N) is 4. The Bertz CT molecular complexity index is 1560. The van der Waals surface area contributed by atoms with Crippen molar-refractivity contribution >= 4 is 49.3 Å². The molecule has 5 aromatic rings. The van der Waals surface area contributed by atoms with E-state index >= 15 is 0 Å². The van der Waals surface area contributed by atoms with E-state index in [2.05, 4.69) is 31.3 Å². The highest BCUT2D eigenvalue weighted by atomic mass is 79.9. The van der Waals surface area contributed by atoms with E-state index in [-0.39, 0.29) is 5.91 Å². The summed E-state index contributed by atoms with van der Waals surface area (Å²) >= 11 is 3.56. The number of aromatic nitrogens is 4. The van der Waals surface area contributed by atoms with Gasteiger partial charge in [0, 0.05) is 34.2 Å². The van der Waals surface area contributed by atoms with Crippen molar-refractivity contribution in [3.8, 4) is 0 Å². The van der Waals surface area contributed by atoms with Gasteiger partial charge in [-0.25, -0.2) is 9.97 Å². The number of anilines is 1. The van der Waals surface area contributed by atoms with Gasteiger partial charge in [0.05, 0.1) is 29.5 Å². The monoisotopic (exact) mass is 514 g/mol. The topological polar surface area (TPSA) is 98.7 Å². The number of carbonyl (C=O) groups excluding carboxylic acids is 1. The van der Waals surface area contributed by atoms with Gasteiger partial charge in [-0.2, -0.15) is 5.10 Å². The molecule has 0 radical (unpaired) electrons. The van der Waals surface area contributed by atoms with Gasteiger partial charge in [-0.3, -0.25) is 9.48 Å². The number of halogens is 1. The molecule has 8 heteroatoms. The number of para-hydroxylation sites is 1. The summed E-state index contributed by atoms with van der Waals surface area (Å²) in [6.07, 6.45) is 5.03. The Kier molecular flexibility index (Phi) is 5.75. The maximum Gasteiger partial charge on any atom is 0.254 e. The lowest BCUT2D eigenvalue weighted by molar-refractivity contribution is 0.0950. The minimum atomic E-state index is -0.173. The highest BCUT2D eigenvalue weighted by molar-refractivity contribution is 9.10. The molecule has 0 saturated heterocycles. The minimum Gasteiger partial charge on any atom is -0.383 e. The van der Waals surface area contributed by atoms with E-state index in [9.17, 15) is 4.79 Å². The van der Waals surface area contributed by atoms with Crippen LogP contribution in [0.4, 0.5) is 5.82 Å². The third-order valence-electron chi connectivity index (χ3n) is 6.09. The quantitative estimate of drug-likeness (QED) is 0.346. The number of hydrogen-bond acceptors (Lipinski definition) is 5. The summed E-state index contributed by atoms with van der Waals surface area (Å²) in [5.74, 6) is 0.341. The molecule has 3 N–H and O–H groups in total. The Morgan fingerprint density at radius 1 is 1.15 bits per heavy atom. The molecule has 2 aromatic carbocycles. The summed E-state index contributed by atoms with van der Waals surface area (Å²) in [7, 11) is 0. The van der Waals surface area contributed by atoms with E-state index < -0.39 is 0 Å². The fourth-order valence-corrected chi connectivity index (χ4v) is 4.72. The fourth-order valence-electron chi connectivity index (χ4n) is 4.25. The van der Waals surface area contributed by atoms with E-state index in [1.807, 2.05) is 56.3 Å². The SMILES string of the molecule is Cc1cc2c(N)nccc2c(C)c1CNC(=O)c1cnn(Cc2ccc3cccc(Br)c3n2)c1. The van der Waals surface area contributed by atoms with Crippen LogP contribution in [0.1, 0.15) is 32.7 Å². The van der Waals surface area contributed by atoms with Crippen LogP contribution in [0, 0.1) is 13.8 Å². The van der Waals surface area contributed by atoms with E-state index in [0.717, 1.165) is 48.5 Å². The lowest BCUT2D eigenvalue weighted by Crippen LogP contribution is -2.23. The number of pyridine rings is 2. The molecule has 0 bridgehead atoms. The van der Waals surface area contributed by atoms with Crippen molar-refractivity contribution in [3.05, 3.63) is 93.5 Å². The van der Waals surface area contributed by atoms with Crippen LogP contribution in [0.2, 0.25) is 0 Å². The van der Waals surface area contributed by atoms with Crippen molar-refractivity contribution in [1.29, 1.82) is 0 Å². The molecular formula is C26H23BrN6O. The molecule has 34 heavy (non-hydrogen) atoms. The summed E-state index contributed by atoms with van der Waals surface area (Å²) in [6.45, 7) is 4.96. The first-order valence-electron chi connectivity index (χ1n) is 10.9. The number of benzene rings is 2. The maximum atomic E-state index is 12.8. The summed E-state index contributed by atoms with van der Waals surface area (Å²) in [6, 6.07) is 14.0. The molecule has 0 spiro atoms. The lowest BCUT2D eigenvalue weighted by atomic mass is 9.96. The zero-order valence-electron chi connectivity index (χ0n) is 18.8. The molecule has 0 saturated carbocycles. The second-order valence-electron chi connectivity index (χ2n) is 8.31. The Balaban J connectivity index is 1.31. The van der Waals surface area contributed by atoms with Gasteiger partial charge in [0.2, 0.25) is 0 Å². The molecule has 0 unspecified atom stereocenters. The van der Waals surface area contributed by atoms with Crippen LogP contribution >= 0.6 is 15.9 Å². The van der Waals surface area contributed by atoms with E-state index in [4.69, 9.17) is 10.7 Å². The number of nitrogen functional groups attached to an aromatic ring is 1. The molecule has 0 aliphatic rings. The van der Waals surface area contributed by atoms with Gasteiger partial charge in [0.25, 0.3) is 5.91 Å². The summed E-state index contributed by atoms with van der Waals surface area (Å²) < 4.78 is 2.67. The van der Waals surface area contributed by atoms with Crippen molar-refractivity contribution in [2.75, 3.05) is 5.73 Å². The molecule has 0 fully saturated rings. The van der Waals surface area contributed by atoms with Crippen LogP contribution in [0.5, 0.6) is 0 Å². The number of carbonyl (C=O) groups is 1. The first kappa shape index (κ1) is 22.0. The molecule has 1 amide bonds. The number of rotatable bonds is 5. The number of aryl methyl sites for hydroxylation is 2. The van der Waals surface area contributed by atoms with Crippen LogP contribution in [-0.4, -0.2) is 25.7 Å². The molecule has 7 nitrogen and oxygen atoms in total. The number of fused-ring (bicyclic) bond motifs is 2. The molecule has 5 rings (SSSR count). The Labute approximate surface area is 205 Å². The molecular weight excluding hydrogens is 492 g/mol. The molecule has 0 aliphatic carbocycles. The first-order valence-corrected chi connectivity index (χ1v) is 11.7. The zero-order valence-corrected chi connectivity index (χ0v) is 20.4. The predicted molar refractivity (Wildman–Crippen MR) is 138 cm³/mol. The normalized spacial score (nSPS) is 11.3. The average molecular weight is 515 g/mol. The third-order valence-corrected chi connectivity index (χ3v) is 6.73. The van der Waals surface area contributed by atoms with Gasteiger partial charge in [-0.1, -0.05) is 18.2 Å². The first-order chi connectivity index (χ1) is 16.4. The number of nitrogens with two attached hydrogens (primary N) is 1. The van der Waals surface area contributed by atoms with Crippen LogP contribution in [0.3, 0.4) is 0 Å². The molecule has 0 atom stereocenters. The van der Waals surface area contributed by atoms with Gasteiger partial charge in [0.1, 0.15) is 5.82 Å². The van der Waals surface area contributed by atoms with Crippen molar-refractivity contribution in [1.82, 2.24) is 25.1 Å². The maximum absolute atomic E-state index is 12.8. The van der Waals surface area contributed by atoms with Crippen molar-refractivity contribution in [2.45, 2.75) is 26.9 Å². The smallest absolute Gasteiger partial charge is 0.254 e. The van der Waals surface area contributed by atoms with Gasteiger partial charge in [-0.15, -0.1) is 0 Å². The molecule has 3 aromatic heterocycles. The predicted octanol–water partition coefficient (Wildman–Crippen LogP) is 4.92. The standard InChI is InChI=1S/C26H23BrN6O/c1-15-10-21-20(8-9-29-25(21)28)16(2)22(15)12-30-26(34)18-11-31-33(13-18)14-19-7-6-17-4-3-5-23(27)24(17)32-19/h3-11,13H,12,14H2,1-2H3,(H2,28,29)(H,30,34). The lowest BCUT2D eigenvalue weighted by Gasteiger charge is -2.14. The Morgan fingerprint density at radius 2 is 2.00 bits per heavy atom. The summed E-state index contributed by atoms with van der Waals surface area (Å²) in [5.41, 5.74) is 11.5. The number of hydrogen-bond donors (Lipinski definition) is 2. The molecule has 170 valence electrons. The van der Waals surface area contributed by atoms with Gasteiger partial charge < -0.3 is 11.1 Å². The third kappa shape index (κ3) is 4.12. The molecule has 0 aliphatic heterocycles. The van der Waals surface area contributed by atoms with E-state index in [1.54, 1.807) is 23.3 Å².